The van der Waals surface area contributed by atoms with Crippen LogP contribution in [-0.2, 0) is 4.74 Å². The van der Waals surface area contributed by atoms with Gasteiger partial charge in [0, 0.05) is 13.7 Å². The molecule has 0 unspecified atom stereocenters. The lowest BCUT2D eigenvalue weighted by atomic mass is 10.1. The van der Waals surface area contributed by atoms with Crippen LogP contribution in [0.25, 0.3) is 0 Å². The van der Waals surface area contributed by atoms with E-state index in [9.17, 15) is 0 Å². The van der Waals surface area contributed by atoms with Gasteiger partial charge in [0.1, 0.15) is 0 Å². The van der Waals surface area contributed by atoms with Crippen molar-refractivity contribution in [1.29, 1.82) is 0 Å². The summed E-state index contributed by atoms with van der Waals surface area (Å²) in [4.78, 5) is 12.9. The predicted molar refractivity (Wildman–Crippen MR) is 84.0 cm³/mol. The molecule has 7 nitrogen and oxygen atoms in total. The van der Waals surface area contributed by atoms with E-state index in [-0.39, 0.29) is 5.54 Å². The van der Waals surface area contributed by atoms with E-state index in [1.54, 1.807) is 7.11 Å². The third-order valence-electron chi connectivity index (χ3n) is 2.54. The molecule has 0 saturated carbocycles. The summed E-state index contributed by atoms with van der Waals surface area (Å²) in [5, 5.41) is 6.40. The Morgan fingerprint density at radius 2 is 1.76 bits per heavy atom. The lowest BCUT2D eigenvalue weighted by Crippen LogP contribution is -2.36. The maximum Gasteiger partial charge on any atom is 0.323 e. The molecule has 0 fully saturated rings. The molecule has 120 valence electrons. The minimum absolute atomic E-state index is 0.278. The molecule has 2 N–H and O–H groups in total. The first-order valence-corrected chi connectivity index (χ1v) is 7.40. The Balaban J connectivity index is 2.89. The topological polar surface area (TPSA) is 81.2 Å². The van der Waals surface area contributed by atoms with Crippen molar-refractivity contribution < 1.29 is 9.47 Å². The molecule has 0 aliphatic heterocycles. The van der Waals surface area contributed by atoms with Crippen molar-refractivity contribution in [2.45, 2.75) is 46.1 Å². The number of ether oxygens (including phenoxy) is 2. The smallest absolute Gasteiger partial charge is 0.323 e. The van der Waals surface area contributed by atoms with E-state index >= 15 is 0 Å². The van der Waals surface area contributed by atoms with Gasteiger partial charge in [-0.15, -0.1) is 0 Å². The molecule has 1 heterocycles. The van der Waals surface area contributed by atoms with E-state index < -0.39 is 0 Å². The standard InChI is InChI=1S/C14H27N5O2/c1-6-8-15-11-16-12(19-14(3,4)10-20-5)18-13(17-11)21-9-7-2/h6-10H2,1-5H3,(H2,15,16,17,18,19). The Morgan fingerprint density at radius 3 is 2.38 bits per heavy atom. The van der Waals surface area contributed by atoms with Crippen molar-refractivity contribution in [2.75, 3.05) is 37.5 Å². The van der Waals surface area contributed by atoms with Crippen LogP contribution < -0.4 is 15.4 Å². The molecule has 0 aliphatic carbocycles. The van der Waals surface area contributed by atoms with Crippen molar-refractivity contribution >= 4 is 11.9 Å². The average Bonchev–Trinajstić information content (AvgIpc) is 2.42. The molecule has 0 aromatic carbocycles. The molecule has 1 rings (SSSR count). The number of methoxy groups -OCH3 is 1. The average molecular weight is 297 g/mol. The van der Waals surface area contributed by atoms with Gasteiger partial charge >= 0.3 is 6.01 Å². The summed E-state index contributed by atoms with van der Waals surface area (Å²) in [7, 11) is 1.67. The van der Waals surface area contributed by atoms with Gasteiger partial charge in [-0.2, -0.15) is 15.0 Å². The quantitative estimate of drug-likeness (QED) is 0.686. The van der Waals surface area contributed by atoms with Gasteiger partial charge in [-0.3, -0.25) is 0 Å². The third kappa shape index (κ3) is 6.57. The summed E-state index contributed by atoms with van der Waals surface area (Å²) < 4.78 is 10.7. The van der Waals surface area contributed by atoms with Crippen LogP contribution in [0.4, 0.5) is 11.9 Å². The Bertz CT molecular complexity index is 400. The summed E-state index contributed by atoms with van der Waals surface area (Å²) in [5.74, 6) is 1.01. The second-order valence-corrected chi connectivity index (χ2v) is 5.48. The van der Waals surface area contributed by atoms with Crippen LogP contribution in [0, 0.1) is 0 Å². The van der Waals surface area contributed by atoms with Crippen molar-refractivity contribution in [3.8, 4) is 6.01 Å². The molecule has 0 bridgehead atoms. The van der Waals surface area contributed by atoms with Crippen molar-refractivity contribution in [3.05, 3.63) is 0 Å². The molecule has 1 aromatic rings. The van der Waals surface area contributed by atoms with Crippen LogP contribution in [0.5, 0.6) is 6.01 Å². The first kappa shape index (κ1) is 17.4. The van der Waals surface area contributed by atoms with Gasteiger partial charge in [0.05, 0.1) is 18.8 Å². The predicted octanol–water partition coefficient (Wildman–Crippen LogP) is 2.32. The van der Waals surface area contributed by atoms with Crippen LogP contribution in [0.1, 0.15) is 40.5 Å². The number of nitrogens with one attached hydrogen (secondary N) is 2. The fraction of sp³-hybridized carbons (Fsp3) is 0.786. The van der Waals surface area contributed by atoms with Gasteiger partial charge in [-0.05, 0) is 26.7 Å². The molecular weight excluding hydrogens is 270 g/mol. The highest BCUT2D eigenvalue weighted by Gasteiger charge is 2.19. The van der Waals surface area contributed by atoms with Crippen molar-refractivity contribution in [1.82, 2.24) is 15.0 Å². The van der Waals surface area contributed by atoms with E-state index in [1.165, 1.54) is 0 Å². The summed E-state index contributed by atoms with van der Waals surface area (Å²) in [6.07, 6.45) is 1.90. The second kappa shape index (κ2) is 8.61. The first-order chi connectivity index (χ1) is 10.0. The normalized spacial score (nSPS) is 11.3. The summed E-state index contributed by atoms with van der Waals surface area (Å²) in [6, 6.07) is 0.334. The Kier molecular flexibility index (Phi) is 7.14. The number of hydrogen-bond acceptors (Lipinski definition) is 7. The minimum Gasteiger partial charge on any atom is -0.463 e. The molecule has 7 heteroatoms. The molecule has 0 atom stereocenters. The molecule has 21 heavy (non-hydrogen) atoms. The van der Waals surface area contributed by atoms with E-state index in [0.717, 1.165) is 19.4 Å². The van der Waals surface area contributed by atoms with Gasteiger partial charge < -0.3 is 20.1 Å². The molecule has 0 saturated heterocycles. The van der Waals surface area contributed by atoms with Crippen LogP contribution in [0.2, 0.25) is 0 Å². The fourth-order valence-electron chi connectivity index (χ4n) is 1.69. The first-order valence-electron chi connectivity index (χ1n) is 7.40. The van der Waals surface area contributed by atoms with Crippen LogP contribution in [0.15, 0.2) is 0 Å². The van der Waals surface area contributed by atoms with Crippen LogP contribution >= 0.6 is 0 Å². The molecular formula is C14H27N5O2. The van der Waals surface area contributed by atoms with Crippen molar-refractivity contribution in [3.63, 3.8) is 0 Å². The number of nitrogens with zero attached hydrogens (tertiary/aromatic N) is 3. The lowest BCUT2D eigenvalue weighted by Gasteiger charge is -2.25. The summed E-state index contributed by atoms with van der Waals surface area (Å²) in [5.41, 5.74) is -0.278. The number of anilines is 2. The molecule has 0 amide bonds. The largest absolute Gasteiger partial charge is 0.463 e. The lowest BCUT2D eigenvalue weighted by molar-refractivity contribution is 0.157. The van der Waals surface area contributed by atoms with Gasteiger partial charge in [0.25, 0.3) is 0 Å². The third-order valence-corrected chi connectivity index (χ3v) is 2.54. The summed E-state index contributed by atoms with van der Waals surface area (Å²) in [6.45, 7) is 10.1. The van der Waals surface area contributed by atoms with Gasteiger partial charge in [0.2, 0.25) is 11.9 Å². The monoisotopic (exact) mass is 297 g/mol. The number of rotatable bonds is 10. The van der Waals surface area contributed by atoms with E-state index in [0.29, 0.717) is 31.1 Å². The molecule has 0 radical (unpaired) electrons. The highest BCUT2D eigenvalue weighted by molar-refractivity contribution is 5.37. The van der Waals surface area contributed by atoms with Crippen LogP contribution in [-0.4, -0.2) is 47.4 Å². The zero-order valence-electron chi connectivity index (χ0n) is 13.7. The summed E-state index contributed by atoms with van der Waals surface area (Å²) >= 11 is 0. The van der Waals surface area contributed by atoms with Gasteiger partial charge in [0.15, 0.2) is 0 Å². The molecule has 0 spiro atoms. The highest BCUT2D eigenvalue weighted by atomic mass is 16.5. The zero-order valence-corrected chi connectivity index (χ0v) is 13.7. The number of aromatic nitrogens is 3. The maximum atomic E-state index is 5.52. The Morgan fingerprint density at radius 1 is 1.05 bits per heavy atom. The molecule has 0 aliphatic rings. The number of hydrogen-bond donors (Lipinski definition) is 2. The second-order valence-electron chi connectivity index (χ2n) is 5.48. The van der Waals surface area contributed by atoms with Crippen molar-refractivity contribution in [2.24, 2.45) is 0 Å². The van der Waals surface area contributed by atoms with Gasteiger partial charge in [-0.25, -0.2) is 0 Å². The SMILES string of the molecule is CCCNc1nc(NC(C)(C)COC)nc(OCCC)n1. The fourth-order valence-corrected chi connectivity index (χ4v) is 1.69. The Labute approximate surface area is 126 Å². The maximum absolute atomic E-state index is 5.52. The van der Waals surface area contributed by atoms with E-state index in [2.05, 4.69) is 32.5 Å². The Hall–Kier alpha value is -1.63. The van der Waals surface area contributed by atoms with Gasteiger partial charge in [-0.1, -0.05) is 13.8 Å². The minimum atomic E-state index is -0.278. The molecule has 1 aromatic heterocycles. The van der Waals surface area contributed by atoms with E-state index in [4.69, 9.17) is 9.47 Å². The van der Waals surface area contributed by atoms with E-state index in [1.807, 2.05) is 20.8 Å². The van der Waals surface area contributed by atoms with Crippen LogP contribution in [0.3, 0.4) is 0 Å². The highest BCUT2D eigenvalue weighted by Crippen LogP contribution is 2.16. The zero-order chi connectivity index (χ0) is 15.7.